The summed E-state index contributed by atoms with van der Waals surface area (Å²) in [6.45, 7) is 6.29. The van der Waals surface area contributed by atoms with Gasteiger partial charge in [0.25, 0.3) is 6.47 Å². The predicted molar refractivity (Wildman–Crippen MR) is 97.4 cm³/mol. The molecule has 8 nitrogen and oxygen atoms in total. The lowest BCUT2D eigenvalue weighted by Crippen LogP contribution is -2.38. The third kappa shape index (κ3) is 6.40. The van der Waals surface area contributed by atoms with E-state index in [-0.39, 0.29) is 5.19 Å². The molecule has 0 saturated heterocycles. The third-order valence-corrected chi connectivity index (χ3v) is 4.03. The summed E-state index contributed by atoms with van der Waals surface area (Å²) in [5.74, 6) is 0.555. The van der Waals surface area contributed by atoms with Crippen LogP contribution in [-0.2, 0) is 16.0 Å². The van der Waals surface area contributed by atoms with Gasteiger partial charge in [0.05, 0.1) is 0 Å². The van der Waals surface area contributed by atoms with Crippen molar-refractivity contribution in [3.8, 4) is 5.19 Å². The molecule has 0 aliphatic carbocycles. The number of nitrogens with zero attached hydrogens (tertiary/aromatic N) is 4. The third-order valence-electron chi connectivity index (χ3n) is 3.16. The topological polar surface area (TPSA) is 94.5 Å². The lowest BCUT2D eigenvalue weighted by molar-refractivity contribution is -0.120. The first-order valence-electron chi connectivity index (χ1n) is 8.23. The predicted octanol–water partition coefficient (Wildman–Crippen LogP) is 3.23. The molecule has 9 heteroatoms. The van der Waals surface area contributed by atoms with E-state index in [2.05, 4.69) is 19.9 Å². The summed E-state index contributed by atoms with van der Waals surface area (Å²) < 4.78 is 10.1. The average molecular weight is 378 g/mol. The number of aryl methyl sites for hydroxylation is 1. The number of anilines is 1. The van der Waals surface area contributed by atoms with Crippen LogP contribution >= 0.6 is 11.3 Å². The Morgan fingerprint density at radius 2 is 2.08 bits per heavy atom. The number of carbonyl (C=O) groups is 2. The summed E-state index contributed by atoms with van der Waals surface area (Å²) in [5, 5.41) is 8.73. The van der Waals surface area contributed by atoms with Crippen LogP contribution in [0.15, 0.2) is 24.4 Å². The minimum atomic E-state index is -0.578. The zero-order valence-corrected chi connectivity index (χ0v) is 15.9. The van der Waals surface area contributed by atoms with Gasteiger partial charge in [-0.2, -0.15) is 0 Å². The molecule has 0 N–H and O–H groups in total. The largest absolute Gasteiger partial charge is 0.443 e. The molecule has 26 heavy (non-hydrogen) atoms. The van der Waals surface area contributed by atoms with E-state index in [0.29, 0.717) is 25.3 Å². The Morgan fingerprint density at radius 1 is 1.27 bits per heavy atom. The van der Waals surface area contributed by atoms with E-state index in [4.69, 9.17) is 4.74 Å². The number of aromatic nitrogens is 3. The number of carbonyl (C=O) groups excluding carboxylic acids is 2. The fourth-order valence-corrected chi connectivity index (χ4v) is 2.80. The fourth-order valence-electron chi connectivity index (χ4n) is 2.10. The normalized spacial score (nSPS) is 11.0. The van der Waals surface area contributed by atoms with Gasteiger partial charge < -0.3 is 9.47 Å². The number of pyridine rings is 1. The highest BCUT2D eigenvalue weighted by Gasteiger charge is 2.23. The maximum atomic E-state index is 12.5. The van der Waals surface area contributed by atoms with Crippen LogP contribution in [0.2, 0.25) is 0 Å². The van der Waals surface area contributed by atoms with Crippen LogP contribution in [0.25, 0.3) is 0 Å². The zero-order valence-electron chi connectivity index (χ0n) is 15.0. The van der Waals surface area contributed by atoms with Gasteiger partial charge in [0.2, 0.25) is 0 Å². The van der Waals surface area contributed by atoms with Crippen LogP contribution in [0.4, 0.5) is 10.6 Å². The molecule has 0 fully saturated rings. The second-order valence-electron chi connectivity index (χ2n) is 6.45. The van der Waals surface area contributed by atoms with Gasteiger partial charge in [-0.05, 0) is 45.7 Å². The summed E-state index contributed by atoms with van der Waals surface area (Å²) in [5.41, 5.74) is -0.578. The van der Waals surface area contributed by atoms with Crippen LogP contribution in [0.5, 0.6) is 5.19 Å². The van der Waals surface area contributed by atoms with Crippen molar-refractivity contribution in [1.82, 2.24) is 15.2 Å². The molecule has 0 atom stereocenters. The molecule has 0 radical (unpaired) electrons. The minimum Gasteiger partial charge on any atom is -0.443 e. The highest BCUT2D eigenvalue weighted by Crippen LogP contribution is 2.20. The quantitative estimate of drug-likeness (QED) is 0.514. The SMILES string of the molecule is CC(C)(C)OC(=O)N(CCCCc1nnc(OC=O)s1)c1ccccn1. The second-order valence-corrected chi connectivity index (χ2v) is 7.48. The number of rotatable bonds is 8. The molecule has 1 amide bonds. The van der Waals surface area contributed by atoms with Crippen molar-refractivity contribution in [1.29, 1.82) is 0 Å². The van der Waals surface area contributed by atoms with Gasteiger partial charge in [0, 0.05) is 19.2 Å². The van der Waals surface area contributed by atoms with Crippen LogP contribution in [0, 0.1) is 0 Å². The highest BCUT2D eigenvalue weighted by atomic mass is 32.1. The van der Waals surface area contributed by atoms with Crippen molar-refractivity contribution in [2.24, 2.45) is 0 Å². The Labute approximate surface area is 156 Å². The lowest BCUT2D eigenvalue weighted by Gasteiger charge is -2.26. The van der Waals surface area contributed by atoms with E-state index in [1.807, 2.05) is 26.8 Å². The van der Waals surface area contributed by atoms with E-state index in [1.54, 1.807) is 18.3 Å². The molecule has 140 valence electrons. The van der Waals surface area contributed by atoms with Gasteiger partial charge >= 0.3 is 11.3 Å². The number of hydrogen-bond donors (Lipinski definition) is 0. The first-order chi connectivity index (χ1) is 12.4. The van der Waals surface area contributed by atoms with Crippen molar-refractivity contribution in [3.05, 3.63) is 29.4 Å². The van der Waals surface area contributed by atoms with E-state index in [9.17, 15) is 9.59 Å². The molecule has 2 aromatic rings. The summed E-state index contributed by atoms with van der Waals surface area (Å²) in [4.78, 5) is 28.6. The molecule has 0 saturated carbocycles. The molecule has 0 spiro atoms. The van der Waals surface area contributed by atoms with Crippen LogP contribution in [0.3, 0.4) is 0 Å². The average Bonchev–Trinajstić information content (AvgIpc) is 3.02. The van der Waals surface area contributed by atoms with Gasteiger partial charge in [-0.15, -0.1) is 5.10 Å². The van der Waals surface area contributed by atoms with Crippen LogP contribution < -0.4 is 9.64 Å². The molecule has 0 bridgehead atoms. The summed E-state index contributed by atoms with van der Waals surface area (Å²) >= 11 is 1.23. The van der Waals surface area contributed by atoms with Crippen molar-refractivity contribution in [2.45, 2.75) is 45.6 Å². The summed E-state index contributed by atoms with van der Waals surface area (Å²) in [6.07, 6.45) is 3.43. The molecule has 0 aliphatic rings. The van der Waals surface area contributed by atoms with E-state index < -0.39 is 11.7 Å². The van der Waals surface area contributed by atoms with E-state index >= 15 is 0 Å². The smallest absolute Gasteiger partial charge is 0.416 e. The van der Waals surface area contributed by atoms with Crippen molar-refractivity contribution < 1.29 is 19.1 Å². The van der Waals surface area contributed by atoms with Crippen LogP contribution in [0.1, 0.15) is 38.6 Å². The Balaban J connectivity index is 1.91. The molecule has 0 aromatic carbocycles. The van der Waals surface area contributed by atoms with Gasteiger partial charge in [-0.3, -0.25) is 9.69 Å². The van der Waals surface area contributed by atoms with Gasteiger partial charge in [0.15, 0.2) is 0 Å². The van der Waals surface area contributed by atoms with Crippen molar-refractivity contribution in [2.75, 3.05) is 11.4 Å². The Kier molecular flexibility index (Phi) is 7.02. The fraction of sp³-hybridized carbons (Fsp3) is 0.471. The maximum Gasteiger partial charge on any atom is 0.416 e. The zero-order chi connectivity index (χ0) is 19.0. The molecule has 2 heterocycles. The number of amides is 1. The minimum absolute atomic E-state index is 0.235. The Bertz CT molecular complexity index is 715. The van der Waals surface area contributed by atoms with Crippen molar-refractivity contribution in [3.63, 3.8) is 0 Å². The Morgan fingerprint density at radius 3 is 2.73 bits per heavy atom. The first kappa shape index (κ1) is 19.8. The summed E-state index contributed by atoms with van der Waals surface area (Å²) in [6, 6.07) is 5.40. The summed E-state index contributed by atoms with van der Waals surface area (Å²) in [7, 11) is 0. The molecule has 0 aliphatic heterocycles. The van der Waals surface area contributed by atoms with Crippen molar-refractivity contribution >= 4 is 29.7 Å². The molecular weight excluding hydrogens is 356 g/mol. The van der Waals surface area contributed by atoms with Crippen LogP contribution in [-0.4, -0.2) is 39.9 Å². The molecular formula is C17H22N4O4S. The highest BCUT2D eigenvalue weighted by molar-refractivity contribution is 7.13. The van der Waals surface area contributed by atoms with E-state index in [1.165, 1.54) is 16.2 Å². The first-order valence-corrected chi connectivity index (χ1v) is 9.05. The number of hydrogen-bond acceptors (Lipinski definition) is 8. The van der Waals surface area contributed by atoms with Gasteiger partial charge in [-0.25, -0.2) is 9.78 Å². The second kappa shape index (κ2) is 9.23. The van der Waals surface area contributed by atoms with E-state index in [0.717, 1.165) is 17.8 Å². The standard InChI is InChI=1S/C17H22N4O4S/c1-17(2,3)25-16(23)21(13-8-4-6-10-18-13)11-7-5-9-14-19-20-15(26-14)24-12-22/h4,6,8,10,12H,5,7,9,11H2,1-3H3. The molecule has 2 rings (SSSR count). The van der Waals surface area contributed by atoms with Gasteiger partial charge in [-0.1, -0.05) is 22.5 Å². The molecule has 2 aromatic heterocycles. The lowest BCUT2D eigenvalue weighted by atomic mass is 10.2. The number of unbranched alkanes of at least 4 members (excludes halogenated alkanes) is 1. The monoisotopic (exact) mass is 378 g/mol. The number of ether oxygens (including phenoxy) is 2. The Hall–Kier alpha value is -2.55. The van der Waals surface area contributed by atoms with Gasteiger partial charge in [0.1, 0.15) is 16.4 Å². The molecule has 0 unspecified atom stereocenters. The maximum absolute atomic E-state index is 12.5.